The van der Waals surface area contributed by atoms with Crippen LogP contribution in [0, 0.1) is 0 Å². The summed E-state index contributed by atoms with van der Waals surface area (Å²) in [4.78, 5) is 12.3. The average molecular weight is 369 g/mol. The van der Waals surface area contributed by atoms with Crippen LogP contribution in [0.1, 0.15) is 51.1 Å². The summed E-state index contributed by atoms with van der Waals surface area (Å²) in [5, 5.41) is 12.5. The first-order valence-corrected chi connectivity index (χ1v) is 8.59. The molecule has 0 radical (unpaired) electrons. The van der Waals surface area contributed by atoms with Gasteiger partial charge in [0.05, 0.1) is 5.54 Å². The molecule has 1 aromatic heterocycles. The Hall–Kier alpha value is -1.50. The molecule has 0 aliphatic heterocycles. The number of aromatic nitrogens is 2. The largest absolute Gasteiger partial charge is 0.318 e. The fourth-order valence-corrected chi connectivity index (χ4v) is 3.24. The summed E-state index contributed by atoms with van der Waals surface area (Å²) in [6, 6.07) is 10.1. The van der Waals surface area contributed by atoms with Crippen molar-refractivity contribution in [3.63, 3.8) is 0 Å². The fourth-order valence-electron chi connectivity index (χ4n) is 2.38. The molecule has 1 aromatic carbocycles. The average Bonchev–Trinajstić information content (AvgIpc) is 2.97. The van der Waals surface area contributed by atoms with Crippen molar-refractivity contribution in [1.29, 1.82) is 0 Å². The number of carbonyl (C=O) groups is 1. The molecule has 5 nitrogen and oxygen atoms in total. The van der Waals surface area contributed by atoms with Crippen LogP contribution in [0.3, 0.4) is 0 Å². The molecular formula is C17H25ClN4OS. The molecule has 0 aliphatic rings. The van der Waals surface area contributed by atoms with E-state index >= 15 is 0 Å². The zero-order valence-electron chi connectivity index (χ0n) is 14.5. The number of nitrogens with zero attached hydrogens (tertiary/aromatic N) is 2. The Morgan fingerprint density at radius 1 is 1.21 bits per heavy atom. The van der Waals surface area contributed by atoms with Gasteiger partial charge in [0, 0.05) is 5.41 Å². The maximum Gasteiger partial charge on any atom is 0.245 e. The van der Waals surface area contributed by atoms with E-state index in [4.69, 9.17) is 5.73 Å². The minimum Gasteiger partial charge on any atom is -0.318 e. The van der Waals surface area contributed by atoms with Crippen LogP contribution in [0.4, 0.5) is 5.13 Å². The number of carbonyl (C=O) groups excluding carboxylic acids is 1. The molecule has 0 spiro atoms. The van der Waals surface area contributed by atoms with E-state index in [1.807, 2.05) is 25.1 Å². The molecule has 7 heteroatoms. The molecule has 2 aromatic rings. The Bertz CT molecular complexity index is 670. The number of rotatable bonds is 6. The summed E-state index contributed by atoms with van der Waals surface area (Å²) >= 11 is 1.39. The van der Waals surface area contributed by atoms with Gasteiger partial charge in [-0.25, -0.2) is 0 Å². The Morgan fingerprint density at radius 3 is 2.42 bits per heavy atom. The molecule has 3 N–H and O–H groups in total. The number of nitrogens with one attached hydrogen (secondary N) is 1. The van der Waals surface area contributed by atoms with Crippen LogP contribution >= 0.6 is 23.7 Å². The van der Waals surface area contributed by atoms with Gasteiger partial charge in [0.25, 0.3) is 0 Å². The predicted octanol–water partition coefficient (Wildman–Crippen LogP) is 3.74. The summed E-state index contributed by atoms with van der Waals surface area (Å²) in [7, 11) is 0. The molecule has 0 saturated carbocycles. The normalized spacial score (nSPS) is 13.7. The zero-order valence-corrected chi connectivity index (χ0v) is 16.1. The first-order chi connectivity index (χ1) is 10.8. The highest BCUT2D eigenvalue weighted by atomic mass is 35.5. The Kier molecular flexibility index (Phi) is 6.89. The highest BCUT2D eigenvalue weighted by Crippen LogP contribution is 2.34. The van der Waals surface area contributed by atoms with Gasteiger partial charge >= 0.3 is 0 Å². The van der Waals surface area contributed by atoms with Crippen molar-refractivity contribution in [2.24, 2.45) is 5.73 Å². The molecule has 1 unspecified atom stereocenters. The lowest BCUT2D eigenvalue weighted by Crippen LogP contribution is -2.48. The van der Waals surface area contributed by atoms with Crippen molar-refractivity contribution in [2.45, 2.75) is 51.5 Å². The topological polar surface area (TPSA) is 80.9 Å². The van der Waals surface area contributed by atoms with E-state index in [9.17, 15) is 4.79 Å². The Balaban J connectivity index is 0.00000288. The van der Waals surface area contributed by atoms with Crippen molar-refractivity contribution in [3.05, 3.63) is 40.9 Å². The van der Waals surface area contributed by atoms with Gasteiger partial charge in [-0.1, -0.05) is 55.0 Å². The van der Waals surface area contributed by atoms with Crippen LogP contribution in [0.2, 0.25) is 0 Å². The molecule has 24 heavy (non-hydrogen) atoms. The SMILES string of the molecule is CCCC(C)(N)C(=O)Nc1nnc(C(C)(C)c2ccccc2)s1.Cl. The monoisotopic (exact) mass is 368 g/mol. The highest BCUT2D eigenvalue weighted by Gasteiger charge is 2.30. The number of hydrogen-bond donors (Lipinski definition) is 2. The van der Waals surface area contributed by atoms with E-state index in [1.54, 1.807) is 6.92 Å². The highest BCUT2D eigenvalue weighted by molar-refractivity contribution is 7.15. The third-order valence-corrected chi connectivity index (χ3v) is 5.13. The van der Waals surface area contributed by atoms with Crippen molar-refractivity contribution in [1.82, 2.24) is 10.2 Å². The first-order valence-electron chi connectivity index (χ1n) is 7.77. The molecule has 0 saturated heterocycles. The van der Waals surface area contributed by atoms with Crippen LogP contribution in [0.25, 0.3) is 0 Å². The Morgan fingerprint density at radius 2 is 1.83 bits per heavy atom. The van der Waals surface area contributed by atoms with Gasteiger partial charge in [0.2, 0.25) is 11.0 Å². The molecule has 1 amide bonds. The maximum absolute atomic E-state index is 12.3. The Labute approximate surface area is 153 Å². The van der Waals surface area contributed by atoms with Crippen LogP contribution in [-0.4, -0.2) is 21.6 Å². The van der Waals surface area contributed by atoms with Crippen molar-refractivity contribution in [3.8, 4) is 0 Å². The quantitative estimate of drug-likeness (QED) is 0.813. The van der Waals surface area contributed by atoms with Gasteiger partial charge in [0.15, 0.2) is 0 Å². The van der Waals surface area contributed by atoms with Crippen molar-refractivity contribution < 1.29 is 4.79 Å². The van der Waals surface area contributed by atoms with Crippen molar-refractivity contribution in [2.75, 3.05) is 5.32 Å². The second-order valence-corrected chi connectivity index (χ2v) is 7.50. The van der Waals surface area contributed by atoms with E-state index < -0.39 is 5.54 Å². The van der Waals surface area contributed by atoms with Crippen LogP contribution < -0.4 is 11.1 Å². The zero-order chi connectivity index (χ0) is 17.1. The van der Waals surface area contributed by atoms with Gasteiger partial charge in [-0.3, -0.25) is 10.1 Å². The summed E-state index contributed by atoms with van der Waals surface area (Å²) in [5.41, 5.74) is 6.04. The van der Waals surface area contributed by atoms with E-state index in [1.165, 1.54) is 11.3 Å². The molecule has 2 rings (SSSR count). The lowest BCUT2D eigenvalue weighted by molar-refractivity contribution is -0.120. The second-order valence-electron chi connectivity index (χ2n) is 6.52. The van der Waals surface area contributed by atoms with E-state index in [0.717, 1.165) is 17.0 Å². The van der Waals surface area contributed by atoms with Gasteiger partial charge < -0.3 is 5.73 Å². The van der Waals surface area contributed by atoms with E-state index in [0.29, 0.717) is 11.6 Å². The third kappa shape index (κ3) is 4.53. The molecule has 0 aliphatic carbocycles. The van der Waals surface area contributed by atoms with Gasteiger partial charge in [-0.2, -0.15) is 0 Å². The van der Waals surface area contributed by atoms with Gasteiger partial charge in [0.1, 0.15) is 5.01 Å². The lowest BCUT2D eigenvalue weighted by atomic mass is 9.85. The smallest absolute Gasteiger partial charge is 0.245 e. The van der Waals surface area contributed by atoms with Crippen LogP contribution in [0.5, 0.6) is 0 Å². The molecule has 132 valence electrons. The van der Waals surface area contributed by atoms with Gasteiger partial charge in [-0.15, -0.1) is 22.6 Å². The van der Waals surface area contributed by atoms with E-state index in [-0.39, 0.29) is 23.7 Å². The second kappa shape index (κ2) is 8.05. The number of nitrogens with two attached hydrogens (primary N) is 1. The fraction of sp³-hybridized carbons (Fsp3) is 0.471. The maximum atomic E-state index is 12.3. The summed E-state index contributed by atoms with van der Waals surface area (Å²) in [6.45, 7) is 7.93. The molecular weight excluding hydrogens is 344 g/mol. The first kappa shape index (κ1) is 20.5. The standard InChI is InChI=1S/C17H24N4OS.ClH/c1-5-11-17(4,18)13(22)19-15-21-20-14(23-15)16(2,3)12-9-7-6-8-10-12;/h6-10H,5,11,18H2,1-4H3,(H,19,21,22);1H. The van der Waals surface area contributed by atoms with Gasteiger partial charge in [-0.05, 0) is 32.8 Å². The number of anilines is 1. The van der Waals surface area contributed by atoms with Crippen molar-refractivity contribution >= 4 is 34.8 Å². The molecule has 1 heterocycles. The number of amides is 1. The number of halogens is 1. The minimum atomic E-state index is -0.893. The van der Waals surface area contributed by atoms with E-state index in [2.05, 4.69) is 41.5 Å². The number of hydrogen-bond acceptors (Lipinski definition) is 5. The third-order valence-electron chi connectivity index (χ3n) is 3.96. The van der Waals surface area contributed by atoms with Crippen LogP contribution in [0.15, 0.2) is 30.3 Å². The number of benzene rings is 1. The lowest BCUT2D eigenvalue weighted by Gasteiger charge is -2.22. The summed E-state index contributed by atoms with van der Waals surface area (Å²) in [5.74, 6) is -0.223. The summed E-state index contributed by atoms with van der Waals surface area (Å²) < 4.78 is 0. The molecule has 0 fully saturated rings. The molecule has 1 atom stereocenters. The molecule has 0 bridgehead atoms. The summed E-state index contributed by atoms with van der Waals surface area (Å²) in [6.07, 6.45) is 1.48. The predicted molar refractivity (Wildman–Crippen MR) is 102 cm³/mol. The minimum absolute atomic E-state index is 0. The van der Waals surface area contributed by atoms with Crippen LogP contribution in [-0.2, 0) is 10.2 Å².